The summed E-state index contributed by atoms with van der Waals surface area (Å²) in [4.78, 5) is 54.5. The van der Waals surface area contributed by atoms with E-state index < -0.39 is 69.0 Å². The van der Waals surface area contributed by atoms with Crippen molar-refractivity contribution in [3.8, 4) is 5.88 Å². The van der Waals surface area contributed by atoms with E-state index >= 15 is 0 Å². The second kappa shape index (κ2) is 33.6. The summed E-state index contributed by atoms with van der Waals surface area (Å²) in [5.41, 5.74) is 8.42. The maximum absolute atomic E-state index is 13.0. The molecule has 0 amide bonds. The molecular weight excluding hydrogens is 792 g/mol. The molecule has 332 valence electrons. The first-order valence-corrected chi connectivity index (χ1v) is 23.4. The second-order valence-corrected chi connectivity index (χ2v) is 16.9. The van der Waals surface area contributed by atoms with E-state index in [1.165, 1.54) is 103 Å². The van der Waals surface area contributed by atoms with Gasteiger partial charge in [0.15, 0.2) is 6.10 Å². The Labute approximate surface area is 373 Å². The molecule has 1 saturated heterocycles. The van der Waals surface area contributed by atoms with Crippen LogP contribution in [0, 0.1) is 6.92 Å². The molecule has 5 atom stereocenters. The Hall–Kier alpha value is -2.00. The van der Waals surface area contributed by atoms with Gasteiger partial charge in [0.1, 0.15) is 12.8 Å². The number of carbonyl (C=O) groups excluding carboxylic acids is 2. The van der Waals surface area contributed by atoms with Gasteiger partial charge >= 0.3 is 55.0 Å². The van der Waals surface area contributed by atoms with Gasteiger partial charge in [0.25, 0.3) is 0 Å². The fourth-order valence-corrected chi connectivity index (χ4v) is 7.61. The van der Waals surface area contributed by atoms with Gasteiger partial charge in [0.05, 0.1) is 25.4 Å². The Kier molecular flexibility index (Phi) is 31.3. The van der Waals surface area contributed by atoms with E-state index in [9.17, 15) is 28.9 Å². The molecule has 16 nitrogen and oxygen atoms in total. The topological polar surface area (TPSA) is 224 Å². The Morgan fingerprint density at radius 2 is 1.37 bits per heavy atom. The van der Waals surface area contributed by atoms with E-state index in [4.69, 9.17) is 28.8 Å². The van der Waals surface area contributed by atoms with Gasteiger partial charge < -0.3 is 24.2 Å². The summed E-state index contributed by atoms with van der Waals surface area (Å²) in [7, 11) is -4.81. The van der Waals surface area contributed by atoms with Crippen LogP contribution in [0.1, 0.15) is 186 Å². The van der Waals surface area contributed by atoms with E-state index in [0.29, 0.717) is 12.8 Å². The monoisotopic (exact) mass is 863 g/mol. The number of carbonyl (C=O) groups is 2. The quantitative estimate of drug-likeness (QED) is 0.0145. The maximum atomic E-state index is 13.0. The van der Waals surface area contributed by atoms with Gasteiger partial charge in [0, 0.05) is 30.4 Å². The zero-order chi connectivity index (χ0) is 42.4. The summed E-state index contributed by atoms with van der Waals surface area (Å²) in [5.74, 6) is -1.68. The first-order chi connectivity index (χ1) is 28.0. The van der Waals surface area contributed by atoms with Crippen LogP contribution in [0.2, 0.25) is 0 Å². The molecule has 0 saturated carbocycles. The van der Waals surface area contributed by atoms with E-state index in [2.05, 4.69) is 28.9 Å². The number of phosphoric acid groups is 1. The van der Waals surface area contributed by atoms with Gasteiger partial charge in [0.2, 0.25) is 0 Å². The SMILES string of the molecule is CCCCCCCCCCCCCC(=O)OC[C@@H](COP(=O)(O)OC[C@H]1O[C@@H](n2cc(C)c([O-])nc2=O)C[C@@H]1N=[N+]=[N-])OC(=O)CCCCCCCCCCCCC.[Na+]. The minimum atomic E-state index is -4.81. The zero-order valence-electron chi connectivity index (χ0n) is 36.4. The normalized spacial score (nSPS) is 17.7. The van der Waals surface area contributed by atoms with Crippen molar-refractivity contribution in [3.05, 3.63) is 32.7 Å². The summed E-state index contributed by atoms with van der Waals surface area (Å²) in [6.07, 6.45) is 23.4. The van der Waals surface area contributed by atoms with Crippen molar-refractivity contribution in [3.63, 3.8) is 0 Å². The fourth-order valence-electron chi connectivity index (χ4n) is 6.85. The molecular formula is C41H71N5NaO11P. The number of aryl methyl sites for hydroxylation is 1. The molecule has 2 rings (SSSR count). The fraction of sp³-hybridized carbons (Fsp3) is 0.854. The molecule has 0 bridgehead atoms. The van der Waals surface area contributed by atoms with E-state index in [-0.39, 0.29) is 61.0 Å². The van der Waals surface area contributed by atoms with Crippen molar-refractivity contribution in [1.29, 1.82) is 0 Å². The molecule has 18 heteroatoms. The standard InChI is InChI=1S/C41H72N5O11P.Na/c1-4-6-8-10-12-14-16-18-20-22-24-26-38(47)53-30-34(56-39(48)27-25-23-21-19-17-15-13-11-9-7-5-2)31-54-58(51,52)55-32-36-35(44-45-42)28-37(57-36)46-29-33(3)40(49)43-41(46)50;/h29,34-37H,4-28,30-32H2,1-3H3,(H,51,52)(H,43,49,50);/q;+1/p-1/t34-,35-,36+,37+;/m0./s1. The first kappa shape index (κ1) is 55.0. The number of hydrogen-bond acceptors (Lipinski definition) is 12. The Bertz CT molecular complexity index is 1460. The molecule has 1 aliphatic rings. The third kappa shape index (κ3) is 25.5. The average molecular weight is 864 g/mol. The van der Waals surface area contributed by atoms with Crippen molar-refractivity contribution < 1.29 is 77.0 Å². The van der Waals surface area contributed by atoms with Gasteiger partial charge in [-0.3, -0.25) is 23.2 Å². The van der Waals surface area contributed by atoms with Crippen LogP contribution in [0.25, 0.3) is 10.4 Å². The predicted molar refractivity (Wildman–Crippen MR) is 219 cm³/mol. The van der Waals surface area contributed by atoms with Crippen LogP contribution in [-0.2, 0) is 37.4 Å². The van der Waals surface area contributed by atoms with Gasteiger partial charge in [-0.05, 0) is 36.7 Å². The number of hydrogen-bond donors (Lipinski definition) is 1. The minimum absolute atomic E-state index is 0. The molecule has 0 spiro atoms. The minimum Gasteiger partial charge on any atom is -0.858 e. The number of ether oxygens (including phenoxy) is 3. The molecule has 1 unspecified atom stereocenters. The summed E-state index contributed by atoms with van der Waals surface area (Å²) in [5, 5.41) is 15.4. The van der Waals surface area contributed by atoms with Crippen LogP contribution < -0.4 is 40.4 Å². The number of azide groups is 1. The van der Waals surface area contributed by atoms with Crippen molar-refractivity contribution >= 4 is 19.8 Å². The third-order valence-electron chi connectivity index (χ3n) is 10.3. The number of unbranched alkanes of at least 4 members (excludes halogenated alkanes) is 20. The smallest absolute Gasteiger partial charge is 0.858 e. The Morgan fingerprint density at radius 3 is 1.88 bits per heavy atom. The van der Waals surface area contributed by atoms with Crippen molar-refractivity contribution in [2.24, 2.45) is 5.11 Å². The van der Waals surface area contributed by atoms with Crippen LogP contribution in [-0.4, -0.2) is 64.5 Å². The number of esters is 2. The Balaban J connectivity index is 0.0000174. The Morgan fingerprint density at radius 1 is 0.881 bits per heavy atom. The summed E-state index contributed by atoms with van der Waals surface area (Å²) in [6.45, 7) is 4.38. The van der Waals surface area contributed by atoms with Crippen LogP contribution in [0.4, 0.5) is 0 Å². The van der Waals surface area contributed by atoms with Crippen LogP contribution in [0.3, 0.4) is 0 Å². The summed E-state index contributed by atoms with van der Waals surface area (Å²) in [6, 6.07) is -0.891. The molecule has 0 aromatic carbocycles. The predicted octanol–water partition coefficient (Wildman–Crippen LogP) is 6.59. The third-order valence-corrected chi connectivity index (χ3v) is 11.3. The largest absolute Gasteiger partial charge is 1.00 e. The van der Waals surface area contributed by atoms with Crippen LogP contribution >= 0.6 is 7.82 Å². The van der Waals surface area contributed by atoms with Gasteiger partial charge in [-0.2, -0.15) is 0 Å². The number of rotatable bonds is 35. The van der Waals surface area contributed by atoms with E-state index in [1.807, 2.05) is 0 Å². The van der Waals surface area contributed by atoms with Crippen molar-refractivity contribution in [2.45, 2.75) is 206 Å². The second-order valence-electron chi connectivity index (χ2n) is 15.5. The zero-order valence-corrected chi connectivity index (χ0v) is 39.3. The average Bonchev–Trinajstić information content (AvgIpc) is 3.60. The molecule has 0 radical (unpaired) electrons. The first-order valence-electron chi connectivity index (χ1n) is 21.9. The number of aromatic nitrogens is 2. The molecule has 1 aliphatic heterocycles. The maximum Gasteiger partial charge on any atom is 1.00 e. The molecule has 1 aromatic heterocycles. The number of nitrogens with zero attached hydrogens (tertiary/aromatic N) is 5. The van der Waals surface area contributed by atoms with Crippen LogP contribution in [0.15, 0.2) is 16.1 Å². The molecule has 0 aliphatic carbocycles. The molecule has 59 heavy (non-hydrogen) atoms. The van der Waals surface area contributed by atoms with E-state index in [0.717, 1.165) is 43.1 Å². The molecule has 1 aromatic rings. The molecule has 1 fully saturated rings. The van der Waals surface area contributed by atoms with E-state index in [1.54, 1.807) is 0 Å². The van der Waals surface area contributed by atoms with Crippen molar-refractivity contribution in [2.75, 3.05) is 19.8 Å². The van der Waals surface area contributed by atoms with Gasteiger partial charge in [-0.25, -0.2) is 14.3 Å². The van der Waals surface area contributed by atoms with Crippen molar-refractivity contribution in [1.82, 2.24) is 9.55 Å². The van der Waals surface area contributed by atoms with Gasteiger partial charge in [-0.15, -0.1) is 0 Å². The van der Waals surface area contributed by atoms with Crippen LogP contribution in [0.5, 0.6) is 5.88 Å². The van der Waals surface area contributed by atoms with Gasteiger partial charge in [-0.1, -0.05) is 147 Å². The number of phosphoric ester groups is 1. The molecule has 1 N–H and O–H groups in total. The summed E-state index contributed by atoms with van der Waals surface area (Å²) >= 11 is 0. The summed E-state index contributed by atoms with van der Waals surface area (Å²) < 4.78 is 41.2. The molecule has 2 heterocycles.